The van der Waals surface area contributed by atoms with Gasteiger partial charge in [0.2, 0.25) is 0 Å². The van der Waals surface area contributed by atoms with Gasteiger partial charge >= 0.3 is 0 Å². The summed E-state index contributed by atoms with van der Waals surface area (Å²) < 4.78 is 13.7. The van der Waals surface area contributed by atoms with Gasteiger partial charge in [0.05, 0.1) is 17.6 Å². The topological polar surface area (TPSA) is 56.5 Å². The van der Waals surface area contributed by atoms with E-state index in [9.17, 15) is 5.11 Å². The number of benzene rings is 2. The molecule has 1 N–H and O–H groups in total. The molecule has 1 aliphatic rings. The molecule has 0 bridgehead atoms. The fraction of sp³-hybridized carbons (Fsp3) is 0.409. The number of aryl methyl sites for hydroxylation is 2. The van der Waals surface area contributed by atoms with Gasteiger partial charge in [-0.25, -0.2) is 4.98 Å². The third-order valence-electron chi connectivity index (χ3n) is 5.22. The van der Waals surface area contributed by atoms with Gasteiger partial charge in [-0.1, -0.05) is 18.2 Å². The van der Waals surface area contributed by atoms with E-state index in [0.717, 1.165) is 42.1 Å². The lowest BCUT2D eigenvalue weighted by atomic mass is 10.1. The molecule has 1 aliphatic heterocycles. The van der Waals surface area contributed by atoms with Crippen LogP contribution in [0.4, 0.5) is 0 Å². The molecule has 2 aromatic carbocycles. The lowest BCUT2D eigenvalue weighted by Gasteiger charge is -2.18. The first kappa shape index (κ1) is 18.0. The summed E-state index contributed by atoms with van der Waals surface area (Å²) in [7, 11) is 0. The zero-order valence-corrected chi connectivity index (χ0v) is 15.9. The minimum atomic E-state index is -0.635. The third kappa shape index (κ3) is 3.84. The summed E-state index contributed by atoms with van der Waals surface area (Å²) in [5.41, 5.74) is 4.37. The Morgan fingerprint density at radius 1 is 1.22 bits per heavy atom. The number of fused-ring (bicyclic) bond motifs is 1. The second-order valence-corrected chi connectivity index (χ2v) is 7.28. The zero-order chi connectivity index (χ0) is 18.8. The van der Waals surface area contributed by atoms with Crippen molar-refractivity contribution in [3.05, 3.63) is 59.4 Å². The van der Waals surface area contributed by atoms with Crippen LogP contribution in [0.2, 0.25) is 0 Å². The van der Waals surface area contributed by atoms with E-state index >= 15 is 0 Å². The van der Waals surface area contributed by atoms with Crippen LogP contribution in [0.5, 0.6) is 5.75 Å². The van der Waals surface area contributed by atoms with Crippen LogP contribution >= 0.6 is 0 Å². The summed E-state index contributed by atoms with van der Waals surface area (Å²) in [6, 6.07) is 14.0. The molecule has 0 saturated carbocycles. The van der Waals surface area contributed by atoms with E-state index < -0.39 is 6.10 Å². The van der Waals surface area contributed by atoms with Crippen LogP contribution in [-0.2, 0) is 11.3 Å². The molecule has 0 spiro atoms. The quantitative estimate of drug-likeness (QED) is 0.718. The summed E-state index contributed by atoms with van der Waals surface area (Å²) in [6.07, 6.45) is 1.39. The van der Waals surface area contributed by atoms with Crippen molar-refractivity contribution in [1.82, 2.24) is 9.55 Å². The number of imidazole rings is 1. The van der Waals surface area contributed by atoms with Crippen molar-refractivity contribution in [1.29, 1.82) is 0 Å². The molecule has 2 unspecified atom stereocenters. The van der Waals surface area contributed by atoms with E-state index in [0.29, 0.717) is 6.54 Å². The number of rotatable bonds is 6. The highest BCUT2D eigenvalue weighted by molar-refractivity contribution is 5.76. The molecule has 142 valence electrons. The van der Waals surface area contributed by atoms with Crippen LogP contribution in [-0.4, -0.2) is 34.0 Å². The number of para-hydroxylation sites is 2. The van der Waals surface area contributed by atoms with Crippen molar-refractivity contribution in [2.45, 2.75) is 45.4 Å². The van der Waals surface area contributed by atoms with E-state index in [-0.39, 0.29) is 12.7 Å². The molecule has 2 atom stereocenters. The monoisotopic (exact) mass is 366 g/mol. The Bertz CT molecular complexity index is 928. The maximum atomic E-state index is 10.6. The fourth-order valence-corrected chi connectivity index (χ4v) is 3.57. The number of aliphatic hydroxyl groups is 1. The Hall–Kier alpha value is -2.37. The van der Waals surface area contributed by atoms with Crippen molar-refractivity contribution >= 4 is 11.0 Å². The van der Waals surface area contributed by atoms with Crippen LogP contribution in [0, 0.1) is 13.8 Å². The Labute approximate surface area is 159 Å². The van der Waals surface area contributed by atoms with Gasteiger partial charge in [-0.3, -0.25) is 0 Å². The predicted molar refractivity (Wildman–Crippen MR) is 105 cm³/mol. The molecule has 5 heteroatoms. The lowest BCUT2D eigenvalue weighted by molar-refractivity contribution is 0.0805. The zero-order valence-electron chi connectivity index (χ0n) is 15.9. The molecule has 0 radical (unpaired) electrons. The summed E-state index contributed by atoms with van der Waals surface area (Å²) in [6.45, 7) is 5.57. The van der Waals surface area contributed by atoms with Crippen LogP contribution in [0.1, 0.15) is 35.9 Å². The van der Waals surface area contributed by atoms with Gasteiger partial charge in [-0.15, -0.1) is 0 Å². The highest BCUT2D eigenvalue weighted by atomic mass is 16.5. The number of hydrogen-bond donors (Lipinski definition) is 1. The van der Waals surface area contributed by atoms with Crippen LogP contribution < -0.4 is 4.74 Å². The molecule has 1 fully saturated rings. The van der Waals surface area contributed by atoms with Gasteiger partial charge in [0.1, 0.15) is 30.4 Å². The van der Waals surface area contributed by atoms with Crippen LogP contribution in [0.25, 0.3) is 11.0 Å². The van der Waals surface area contributed by atoms with Crippen molar-refractivity contribution in [2.24, 2.45) is 0 Å². The fourth-order valence-electron chi connectivity index (χ4n) is 3.57. The Balaban J connectivity index is 1.51. The van der Waals surface area contributed by atoms with E-state index in [2.05, 4.69) is 18.4 Å². The molecule has 1 aromatic heterocycles. The minimum Gasteiger partial charge on any atom is -0.491 e. The van der Waals surface area contributed by atoms with E-state index in [1.807, 2.05) is 42.5 Å². The predicted octanol–water partition coefficient (Wildman–Crippen LogP) is 3.94. The number of ether oxygens (including phenoxy) is 2. The van der Waals surface area contributed by atoms with Gasteiger partial charge in [0.25, 0.3) is 0 Å². The molecular formula is C22H26N2O3. The summed E-state index contributed by atoms with van der Waals surface area (Å²) in [5.74, 6) is 1.69. The average molecular weight is 366 g/mol. The van der Waals surface area contributed by atoms with Gasteiger partial charge in [-0.05, 0) is 62.1 Å². The highest BCUT2D eigenvalue weighted by Gasteiger charge is 2.25. The molecule has 1 saturated heterocycles. The molecule has 4 rings (SSSR count). The molecule has 5 nitrogen and oxygen atoms in total. The smallest absolute Gasteiger partial charge is 0.139 e. The minimum absolute atomic E-state index is 0.00488. The number of hydrogen-bond acceptors (Lipinski definition) is 4. The lowest BCUT2D eigenvalue weighted by Crippen LogP contribution is -2.25. The highest BCUT2D eigenvalue weighted by Crippen LogP contribution is 2.30. The molecule has 2 heterocycles. The normalized spacial score (nSPS) is 18.1. The van der Waals surface area contributed by atoms with Crippen molar-refractivity contribution in [3.8, 4) is 5.75 Å². The Morgan fingerprint density at radius 3 is 2.85 bits per heavy atom. The standard InChI is InChI=1S/C22H26N2O3/c1-15-9-10-18(12-16(15)2)27-14-17(25)13-24-20-7-4-3-6-19(20)23-22(24)21-8-5-11-26-21/h3-4,6-7,9-10,12,17,21,25H,5,8,11,13-14H2,1-2H3. The molecule has 27 heavy (non-hydrogen) atoms. The molecule has 0 aliphatic carbocycles. The Morgan fingerprint density at radius 2 is 2.07 bits per heavy atom. The average Bonchev–Trinajstić information content (AvgIpc) is 3.31. The maximum absolute atomic E-state index is 10.6. The Kier molecular flexibility index (Phi) is 5.14. The number of aromatic nitrogens is 2. The largest absolute Gasteiger partial charge is 0.491 e. The second-order valence-electron chi connectivity index (χ2n) is 7.28. The third-order valence-corrected chi connectivity index (χ3v) is 5.22. The summed E-state index contributed by atoms with van der Waals surface area (Å²) >= 11 is 0. The molecule has 3 aromatic rings. The maximum Gasteiger partial charge on any atom is 0.139 e. The summed E-state index contributed by atoms with van der Waals surface area (Å²) in [5, 5.41) is 10.6. The second kappa shape index (κ2) is 7.71. The van der Waals surface area contributed by atoms with Gasteiger partial charge < -0.3 is 19.1 Å². The SMILES string of the molecule is Cc1ccc(OCC(O)Cn2c(C3CCCO3)nc3ccccc32)cc1C. The van der Waals surface area contributed by atoms with Crippen molar-refractivity contribution in [3.63, 3.8) is 0 Å². The first-order valence-electron chi connectivity index (χ1n) is 9.56. The first-order chi connectivity index (χ1) is 13.1. The van der Waals surface area contributed by atoms with Crippen molar-refractivity contribution < 1.29 is 14.6 Å². The van der Waals surface area contributed by atoms with Gasteiger partial charge in [-0.2, -0.15) is 0 Å². The van der Waals surface area contributed by atoms with Gasteiger partial charge in [0.15, 0.2) is 0 Å². The van der Waals surface area contributed by atoms with E-state index in [1.54, 1.807) is 0 Å². The van der Waals surface area contributed by atoms with Gasteiger partial charge in [0, 0.05) is 6.61 Å². The molecule has 0 amide bonds. The van der Waals surface area contributed by atoms with E-state index in [1.165, 1.54) is 11.1 Å². The molecular weight excluding hydrogens is 340 g/mol. The summed E-state index contributed by atoms with van der Waals surface area (Å²) in [4.78, 5) is 4.77. The first-order valence-corrected chi connectivity index (χ1v) is 9.56. The van der Waals surface area contributed by atoms with E-state index in [4.69, 9.17) is 14.5 Å². The van der Waals surface area contributed by atoms with Crippen LogP contribution in [0.15, 0.2) is 42.5 Å². The van der Waals surface area contributed by atoms with Crippen LogP contribution in [0.3, 0.4) is 0 Å². The number of aliphatic hydroxyl groups excluding tert-OH is 1. The van der Waals surface area contributed by atoms with Crippen molar-refractivity contribution in [2.75, 3.05) is 13.2 Å². The number of nitrogens with zero attached hydrogens (tertiary/aromatic N) is 2.